The van der Waals surface area contributed by atoms with E-state index in [0.717, 1.165) is 0 Å². The number of hydrogen-bond donors (Lipinski definition) is 3. The van der Waals surface area contributed by atoms with Crippen LogP contribution in [-0.2, 0) is 19.5 Å². The monoisotopic (exact) mass is 449 g/mol. The summed E-state index contributed by atoms with van der Waals surface area (Å²) in [5.74, 6) is 0. The van der Waals surface area contributed by atoms with Gasteiger partial charge in [-0.1, -0.05) is 0 Å². The van der Waals surface area contributed by atoms with E-state index in [1.165, 1.54) is 38.0 Å². The second-order valence-electron chi connectivity index (χ2n) is 1.96. The third kappa shape index (κ3) is 22.4. The average Bonchev–Trinajstić information content (AvgIpc) is 3.09. The molecule has 0 unspecified atom stereocenters. The molecule has 0 bridgehead atoms. The third-order valence-corrected chi connectivity index (χ3v) is 0.994. The molecule has 0 atom stereocenters. The van der Waals surface area contributed by atoms with Gasteiger partial charge in [0.15, 0.2) is 0 Å². The molecular formula is C6H9Cl4N9Ru-. The molecular weight excluding hydrogens is 441 g/mol. The Labute approximate surface area is 152 Å². The summed E-state index contributed by atoms with van der Waals surface area (Å²) in [4.78, 5) is 10.7. The standard InChI is InChI=1S/3C2H3N3.4ClH.Ru/c3*1-3-2-5-4-1;;;;;/h3*1-2H,(H,3,4,5);4*1H;/q;;;;;;;+3/p-4. The molecule has 0 aliphatic heterocycles. The summed E-state index contributed by atoms with van der Waals surface area (Å²) in [6.45, 7) is 0. The number of aromatic amines is 3. The second-order valence-corrected chi connectivity index (χ2v) is 1.96. The Balaban J connectivity index is -0.0000000500. The van der Waals surface area contributed by atoms with E-state index in [-0.39, 0.29) is 69.1 Å². The van der Waals surface area contributed by atoms with E-state index in [1.807, 2.05) is 0 Å². The van der Waals surface area contributed by atoms with Gasteiger partial charge in [0.2, 0.25) is 0 Å². The molecule has 1 radical (unpaired) electrons. The van der Waals surface area contributed by atoms with Crippen molar-refractivity contribution in [1.29, 1.82) is 0 Å². The normalized spacial score (nSPS) is 6.00. The van der Waals surface area contributed by atoms with E-state index < -0.39 is 0 Å². The predicted molar refractivity (Wildman–Crippen MR) is 49.1 cm³/mol. The van der Waals surface area contributed by atoms with Crippen LogP contribution in [-0.4, -0.2) is 45.5 Å². The Morgan fingerprint density at radius 3 is 0.800 bits per heavy atom. The zero-order valence-electron chi connectivity index (χ0n) is 9.51. The largest absolute Gasteiger partial charge is 3.00 e. The fraction of sp³-hybridized carbons (Fsp3) is 0. The molecule has 14 heteroatoms. The van der Waals surface area contributed by atoms with Gasteiger partial charge in [-0.3, -0.25) is 15.3 Å². The number of nitrogens with zero attached hydrogens (tertiary/aromatic N) is 6. The van der Waals surface area contributed by atoms with Gasteiger partial charge in [-0.15, -0.1) is 0 Å². The summed E-state index contributed by atoms with van der Waals surface area (Å²) in [5, 5.41) is 18.0. The minimum Gasteiger partial charge on any atom is -1.00 e. The first kappa shape index (κ1) is 31.5. The van der Waals surface area contributed by atoms with Crippen molar-refractivity contribution in [3.05, 3.63) is 38.0 Å². The van der Waals surface area contributed by atoms with Crippen molar-refractivity contribution in [3.8, 4) is 0 Å². The Hall–Kier alpha value is -0.797. The molecule has 3 aromatic heterocycles. The molecule has 3 aromatic rings. The Bertz CT molecular complexity index is 266. The maximum atomic E-state index is 3.56. The first-order valence-corrected chi connectivity index (χ1v) is 3.86. The molecule has 0 aliphatic rings. The van der Waals surface area contributed by atoms with Crippen molar-refractivity contribution in [3.63, 3.8) is 0 Å². The van der Waals surface area contributed by atoms with Gasteiger partial charge in [0.1, 0.15) is 38.0 Å². The zero-order chi connectivity index (χ0) is 10.6. The van der Waals surface area contributed by atoms with E-state index in [1.54, 1.807) is 0 Å². The number of aromatic nitrogens is 9. The molecule has 0 aliphatic carbocycles. The van der Waals surface area contributed by atoms with Crippen LogP contribution in [0, 0.1) is 0 Å². The number of H-pyrrole nitrogens is 3. The maximum Gasteiger partial charge on any atom is 3.00 e. The van der Waals surface area contributed by atoms with Crippen LogP contribution in [0.15, 0.2) is 38.0 Å². The Morgan fingerprint density at radius 1 is 0.500 bits per heavy atom. The molecule has 0 fully saturated rings. The van der Waals surface area contributed by atoms with Crippen molar-refractivity contribution < 1.29 is 69.1 Å². The zero-order valence-corrected chi connectivity index (χ0v) is 14.3. The van der Waals surface area contributed by atoms with Gasteiger partial charge in [0, 0.05) is 0 Å². The maximum absolute atomic E-state index is 3.56. The summed E-state index contributed by atoms with van der Waals surface area (Å²) in [6.07, 6.45) is 8.88. The van der Waals surface area contributed by atoms with Crippen molar-refractivity contribution in [2.24, 2.45) is 0 Å². The van der Waals surface area contributed by atoms with Gasteiger partial charge in [0.25, 0.3) is 0 Å². The summed E-state index contributed by atoms with van der Waals surface area (Å²) in [5.41, 5.74) is 0. The van der Waals surface area contributed by atoms with E-state index in [9.17, 15) is 0 Å². The quantitative estimate of drug-likeness (QED) is 0.293. The van der Waals surface area contributed by atoms with Gasteiger partial charge >= 0.3 is 19.5 Å². The number of hydrogen-bond acceptors (Lipinski definition) is 6. The minimum absolute atomic E-state index is 0. The van der Waals surface area contributed by atoms with Crippen LogP contribution < -0.4 is 49.6 Å². The SMILES string of the molecule is [Cl-].[Cl-].[Cl-].[Cl-].[Ru+3].c1nc[nH]n1.c1nc[nH]n1.c1nc[nH]n1. The summed E-state index contributed by atoms with van der Waals surface area (Å²) >= 11 is 0. The summed E-state index contributed by atoms with van der Waals surface area (Å²) < 4.78 is 0. The van der Waals surface area contributed by atoms with Crippen molar-refractivity contribution >= 4 is 0 Å². The van der Waals surface area contributed by atoms with E-state index in [2.05, 4.69) is 45.5 Å². The molecule has 3 N–H and O–H groups in total. The van der Waals surface area contributed by atoms with Crippen LogP contribution in [0.5, 0.6) is 0 Å². The molecule has 115 valence electrons. The summed E-state index contributed by atoms with van der Waals surface area (Å²) in [6, 6.07) is 0. The van der Waals surface area contributed by atoms with Gasteiger partial charge in [0.05, 0.1) is 0 Å². The molecule has 0 amide bonds. The van der Waals surface area contributed by atoms with Gasteiger partial charge < -0.3 is 49.6 Å². The fourth-order valence-corrected chi connectivity index (χ4v) is 0.500. The average molecular weight is 450 g/mol. The molecule has 3 rings (SSSR count). The topological polar surface area (TPSA) is 125 Å². The Morgan fingerprint density at radius 2 is 0.750 bits per heavy atom. The molecule has 9 nitrogen and oxygen atoms in total. The van der Waals surface area contributed by atoms with E-state index >= 15 is 0 Å². The number of rotatable bonds is 0. The molecule has 0 spiro atoms. The van der Waals surface area contributed by atoms with Crippen molar-refractivity contribution in [2.45, 2.75) is 0 Å². The van der Waals surface area contributed by atoms with Gasteiger partial charge in [-0.05, 0) is 0 Å². The molecule has 0 aromatic carbocycles. The smallest absolute Gasteiger partial charge is 1.00 e. The number of nitrogens with one attached hydrogen (secondary N) is 3. The molecule has 0 saturated heterocycles. The molecule has 20 heavy (non-hydrogen) atoms. The first-order valence-electron chi connectivity index (χ1n) is 3.86. The summed E-state index contributed by atoms with van der Waals surface area (Å²) in [7, 11) is 0. The fourth-order valence-electron chi connectivity index (χ4n) is 0.500. The predicted octanol–water partition coefficient (Wildman–Crippen LogP) is -12.6. The van der Waals surface area contributed by atoms with Crippen molar-refractivity contribution in [1.82, 2.24) is 45.5 Å². The van der Waals surface area contributed by atoms with Crippen LogP contribution in [0.4, 0.5) is 0 Å². The van der Waals surface area contributed by atoms with E-state index in [4.69, 9.17) is 0 Å². The van der Waals surface area contributed by atoms with Crippen LogP contribution in [0.2, 0.25) is 0 Å². The van der Waals surface area contributed by atoms with Crippen LogP contribution in [0.1, 0.15) is 0 Å². The van der Waals surface area contributed by atoms with Crippen LogP contribution >= 0.6 is 0 Å². The number of halogens is 4. The van der Waals surface area contributed by atoms with E-state index in [0.29, 0.717) is 0 Å². The molecule has 3 heterocycles. The minimum atomic E-state index is 0. The third-order valence-electron chi connectivity index (χ3n) is 0.994. The van der Waals surface area contributed by atoms with Gasteiger partial charge in [-0.25, -0.2) is 15.0 Å². The van der Waals surface area contributed by atoms with Crippen LogP contribution in [0.25, 0.3) is 0 Å². The van der Waals surface area contributed by atoms with Crippen LogP contribution in [0.3, 0.4) is 0 Å². The first-order chi connectivity index (χ1) is 7.50. The second kappa shape index (κ2) is 26.7. The molecule has 0 saturated carbocycles. The van der Waals surface area contributed by atoms with Crippen molar-refractivity contribution in [2.75, 3.05) is 0 Å². The van der Waals surface area contributed by atoms with Gasteiger partial charge in [-0.2, -0.15) is 15.3 Å². The Kier molecular flexibility index (Phi) is 42.1.